The quantitative estimate of drug-likeness (QED) is 0.311. The van der Waals surface area contributed by atoms with Gasteiger partial charge >= 0.3 is 5.97 Å². The fourth-order valence-electron chi connectivity index (χ4n) is 7.87. The Morgan fingerprint density at radius 2 is 1.82 bits per heavy atom. The molecule has 1 aliphatic carbocycles. The van der Waals surface area contributed by atoms with Gasteiger partial charge in [-0.3, -0.25) is 24.2 Å². The number of esters is 1. The molecule has 1 amide bonds. The first kappa shape index (κ1) is 29.1. The van der Waals surface area contributed by atoms with Crippen LogP contribution in [-0.4, -0.2) is 107 Å². The number of thioether (sulfide) groups is 1. The third-order valence-electron chi connectivity index (χ3n) is 9.80. The van der Waals surface area contributed by atoms with Gasteiger partial charge in [0.05, 0.1) is 30.5 Å². The highest BCUT2D eigenvalue weighted by Crippen LogP contribution is 2.61. The van der Waals surface area contributed by atoms with Gasteiger partial charge in [-0.25, -0.2) is 4.79 Å². The van der Waals surface area contributed by atoms with Crippen LogP contribution in [0.5, 0.6) is 17.2 Å². The molecule has 1 aromatic rings. The number of benzene rings is 1. The van der Waals surface area contributed by atoms with E-state index in [4.69, 9.17) is 18.9 Å². The number of hydrogen-bond donors (Lipinski definition) is 3. The summed E-state index contributed by atoms with van der Waals surface area (Å²) in [6.45, 7) is 4.29. The first-order chi connectivity index (χ1) is 21.0. The highest BCUT2D eigenvalue weighted by Gasteiger charge is 2.61. The molecule has 5 aliphatic heterocycles. The Balaban J connectivity index is 1.48. The van der Waals surface area contributed by atoms with Crippen LogP contribution in [0.25, 0.3) is 0 Å². The summed E-state index contributed by atoms with van der Waals surface area (Å²) in [5, 5.41) is 25.9. The van der Waals surface area contributed by atoms with Gasteiger partial charge in [-0.2, -0.15) is 0 Å². The second-order valence-electron chi connectivity index (χ2n) is 12.0. The summed E-state index contributed by atoms with van der Waals surface area (Å²) in [4.78, 5) is 56.7. The van der Waals surface area contributed by atoms with E-state index < -0.39 is 59.3 Å². The summed E-state index contributed by atoms with van der Waals surface area (Å²) in [6.07, 6.45) is -1.03. The van der Waals surface area contributed by atoms with Crippen molar-refractivity contribution in [3.8, 4) is 17.2 Å². The fourth-order valence-corrected chi connectivity index (χ4v) is 9.38. The maximum Gasteiger partial charge on any atom is 0.329 e. The highest BCUT2D eigenvalue weighted by molar-refractivity contribution is 7.99. The number of cyclic esters (lactones) is 1. The molecule has 4 unspecified atom stereocenters. The zero-order valence-electron chi connectivity index (χ0n) is 24.8. The summed E-state index contributed by atoms with van der Waals surface area (Å²) in [6, 6.07) is -3.76. The molecule has 0 saturated carbocycles. The van der Waals surface area contributed by atoms with Crippen molar-refractivity contribution in [1.82, 2.24) is 15.1 Å². The molecule has 2 fully saturated rings. The van der Waals surface area contributed by atoms with Crippen LogP contribution >= 0.6 is 11.8 Å². The summed E-state index contributed by atoms with van der Waals surface area (Å²) >= 11 is 1.29. The largest absolute Gasteiger partial charge is 0.507 e. The van der Waals surface area contributed by atoms with Crippen molar-refractivity contribution < 1.29 is 48.3 Å². The van der Waals surface area contributed by atoms with E-state index in [0.29, 0.717) is 39.3 Å². The number of carbonyl (C=O) groups is 4. The van der Waals surface area contributed by atoms with Gasteiger partial charge in [-0.05, 0) is 27.3 Å². The lowest BCUT2D eigenvalue weighted by molar-refractivity contribution is -0.179. The summed E-state index contributed by atoms with van der Waals surface area (Å²) in [5.74, 6) is -0.913. The SMILES string of the molecule is COC1=C(C)C(=O)C2=C(C1=O)C1C3[C@@H]4SCC(NC(C)=O)C(=O)OC[C@@H](c5c6c(c(C)c(O)c54)OCO6)N3[C@@H](O)C(C2)N1C. The van der Waals surface area contributed by atoms with Crippen LogP contribution in [0.3, 0.4) is 0 Å². The molecule has 14 heteroatoms. The number of aliphatic hydroxyl groups is 1. The zero-order valence-corrected chi connectivity index (χ0v) is 25.6. The number of nitrogens with one attached hydrogen (secondary N) is 1. The molecule has 13 nitrogen and oxygen atoms in total. The third-order valence-corrected chi connectivity index (χ3v) is 11.2. The second-order valence-corrected chi connectivity index (χ2v) is 13.1. The molecule has 4 bridgehead atoms. The van der Waals surface area contributed by atoms with Crippen LogP contribution in [0.1, 0.15) is 48.3 Å². The first-order valence-corrected chi connectivity index (χ1v) is 15.5. The van der Waals surface area contributed by atoms with Crippen LogP contribution in [0.4, 0.5) is 0 Å². The van der Waals surface area contributed by atoms with Crippen LogP contribution < -0.4 is 14.8 Å². The molecular formula is C30H33N3O10S. The molecule has 7 atom stereocenters. The predicted molar refractivity (Wildman–Crippen MR) is 154 cm³/mol. The summed E-state index contributed by atoms with van der Waals surface area (Å²) in [7, 11) is 3.18. The van der Waals surface area contributed by atoms with E-state index in [1.807, 2.05) is 16.8 Å². The van der Waals surface area contributed by atoms with Gasteiger partial charge in [0.25, 0.3) is 0 Å². The molecule has 7 rings (SSSR count). The number of amides is 1. The van der Waals surface area contributed by atoms with Crippen LogP contribution in [0.15, 0.2) is 22.5 Å². The van der Waals surface area contributed by atoms with Gasteiger partial charge in [0.15, 0.2) is 23.0 Å². The number of ether oxygens (including phenoxy) is 4. The van der Waals surface area contributed by atoms with Crippen molar-refractivity contribution in [1.29, 1.82) is 0 Å². The highest BCUT2D eigenvalue weighted by atomic mass is 32.2. The molecule has 2 saturated heterocycles. The Hall–Kier alpha value is -3.59. The van der Waals surface area contributed by atoms with Gasteiger partial charge in [0.2, 0.25) is 18.5 Å². The van der Waals surface area contributed by atoms with E-state index in [9.17, 15) is 29.4 Å². The maximum atomic E-state index is 14.1. The number of methoxy groups -OCH3 is 1. The lowest BCUT2D eigenvalue weighted by Gasteiger charge is -2.62. The summed E-state index contributed by atoms with van der Waals surface area (Å²) < 4.78 is 22.9. The van der Waals surface area contributed by atoms with E-state index in [2.05, 4.69) is 5.32 Å². The number of allylic oxidation sites excluding steroid dienone is 2. The van der Waals surface area contributed by atoms with E-state index >= 15 is 0 Å². The number of rotatable bonds is 2. The number of carbonyl (C=O) groups excluding carboxylic acids is 4. The molecule has 44 heavy (non-hydrogen) atoms. The van der Waals surface area contributed by atoms with Gasteiger partial charge < -0.3 is 34.5 Å². The molecule has 3 N–H and O–H groups in total. The molecule has 0 aromatic heterocycles. The van der Waals surface area contributed by atoms with Crippen molar-refractivity contribution in [2.24, 2.45) is 0 Å². The molecule has 234 valence electrons. The fraction of sp³-hybridized carbons (Fsp3) is 0.533. The standard InChI is InChI=1S/C30H33N3O10S/c1-10-22(35)13-6-15-29(38)33-16-7-41-30(39)14(31-12(3)34)8-44-28(19-18(16)27-26(42-9-43-27)11(2)23(19)36)21(33)20(32(15)4)17(13)24(37)25(10)40-5/h14-16,20-21,28-29,36,38H,6-9H2,1-5H3,(H,31,34)/t14?,15?,16-,20?,21?,28+,29-/m0/s1. The van der Waals surface area contributed by atoms with Crippen molar-refractivity contribution in [2.45, 2.75) is 68.9 Å². The van der Waals surface area contributed by atoms with Gasteiger partial charge in [0, 0.05) is 52.1 Å². The lowest BCUT2D eigenvalue weighted by Crippen LogP contribution is -2.73. The minimum atomic E-state index is -1.15. The number of ketones is 2. The van der Waals surface area contributed by atoms with Crippen molar-refractivity contribution in [2.75, 3.05) is 33.3 Å². The van der Waals surface area contributed by atoms with E-state index in [1.165, 1.54) is 25.8 Å². The molecular weight excluding hydrogens is 594 g/mol. The van der Waals surface area contributed by atoms with Crippen molar-refractivity contribution in [3.05, 3.63) is 39.2 Å². The maximum absolute atomic E-state index is 14.1. The van der Waals surface area contributed by atoms with E-state index in [0.717, 1.165) is 0 Å². The van der Waals surface area contributed by atoms with Gasteiger partial charge in [-0.15, -0.1) is 11.8 Å². The van der Waals surface area contributed by atoms with Crippen LogP contribution in [-0.2, 0) is 28.7 Å². The average molecular weight is 628 g/mol. The molecule has 0 spiro atoms. The molecule has 0 radical (unpaired) electrons. The Morgan fingerprint density at radius 1 is 1.09 bits per heavy atom. The van der Waals surface area contributed by atoms with Crippen molar-refractivity contribution >= 4 is 35.2 Å². The number of aromatic hydroxyl groups is 1. The number of likely N-dealkylation sites (N-methyl/N-ethyl adjacent to an activating group) is 1. The Bertz CT molecular complexity index is 1600. The van der Waals surface area contributed by atoms with Crippen LogP contribution in [0, 0.1) is 6.92 Å². The van der Waals surface area contributed by atoms with Gasteiger partial charge in [0.1, 0.15) is 24.6 Å². The third kappa shape index (κ3) is 3.83. The number of fused-ring (bicyclic) bond motifs is 8. The topological polar surface area (TPSA) is 164 Å². The van der Waals surface area contributed by atoms with Crippen LogP contribution in [0.2, 0.25) is 0 Å². The number of nitrogens with zero attached hydrogens (tertiary/aromatic N) is 2. The minimum Gasteiger partial charge on any atom is -0.507 e. The zero-order chi connectivity index (χ0) is 31.4. The number of aliphatic hydroxyl groups excluding tert-OH is 1. The second kappa shape index (κ2) is 10.2. The molecule has 1 aromatic carbocycles. The normalized spacial score (nSPS) is 33.0. The number of piperazine rings is 1. The Labute approximate surface area is 257 Å². The minimum absolute atomic E-state index is 0.0157. The smallest absolute Gasteiger partial charge is 0.329 e. The first-order valence-electron chi connectivity index (χ1n) is 14.4. The average Bonchev–Trinajstić information content (AvgIpc) is 3.48. The van der Waals surface area contributed by atoms with E-state index in [1.54, 1.807) is 13.8 Å². The molecule has 6 aliphatic rings. The number of phenols is 1. The number of Topliss-reactive ketones (excluding diaryl/α,β-unsaturated/α-hetero) is 2. The Kier molecular flexibility index (Phi) is 6.77. The van der Waals surface area contributed by atoms with Gasteiger partial charge in [-0.1, -0.05) is 0 Å². The predicted octanol–water partition coefficient (Wildman–Crippen LogP) is 0.764. The summed E-state index contributed by atoms with van der Waals surface area (Å²) in [5.41, 5.74) is 2.40. The van der Waals surface area contributed by atoms with Crippen molar-refractivity contribution in [3.63, 3.8) is 0 Å². The lowest BCUT2D eigenvalue weighted by atomic mass is 9.70. The number of hydrogen-bond acceptors (Lipinski definition) is 13. The monoisotopic (exact) mass is 627 g/mol. The number of phenolic OH excluding ortho intramolecular Hbond substituents is 1. The Morgan fingerprint density at radius 3 is 2.52 bits per heavy atom. The molecule has 5 heterocycles. The van der Waals surface area contributed by atoms with E-state index in [-0.39, 0.29) is 48.4 Å².